The summed E-state index contributed by atoms with van der Waals surface area (Å²) in [5, 5.41) is 55.9. The van der Waals surface area contributed by atoms with Crippen LogP contribution in [0.25, 0.3) is 0 Å². The summed E-state index contributed by atoms with van der Waals surface area (Å²) < 4.78 is 55.0. The minimum atomic E-state index is -4.26. The molecule has 3 aliphatic heterocycles. The second-order valence-electron chi connectivity index (χ2n) is 23.8. The van der Waals surface area contributed by atoms with Gasteiger partial charge in [0.25, 0.3) is 11.7 Å². The summed E-state index contributed by atoms with van der Waals surface area (Å²) in [4.78, 5) is 74.5. The Hall–Kier alpha value is -5.46. The van der Waals surface area contributed by atoms with Crippen molar-refractivity contribution in [3.63, 3.8) is 0 Å². The number of ketones is 3. The average Bonchev–Trinajstić information content (AvgIpc) is 3.33. The summed E-state index contributed by atoms with van der Waals surface area (Å²) in [5.74, 6) is -9.33. The van der Waals surface area contributed by atoms with E-state index in [-0.39, 0.29) is 91.5 Å². The summed E-state index contributed by atoms with van der Waals surface area (Å²) in [5.41, 5.74) is 1.54. The number of nitrogens with one attached hydrogen (secondary N) is 5. The number of nitrogens with zero attached hydrogens (tertiary/aromatic N) is 2. The van der Waals surface area contributed by atoms with Crippen molar-refractivity contribution in [3.05, 3.63) is 77.4 Å². The summed E-state index contributed by atoms with van der Waals surface area (Å²) in [7, 11) is 1.95. The number of fused-ring (bicyclic) bond motifs is 3. The van der Waals surface area contributed by atoms with Crippen molar-refractivity contribution in [2.24, 2.45) is 35.5 Å². The highest BCUT2D eigenvalue weighted by Crippen LogP contribution is 2.38. The third kappa shape index (κ3) is 18.8. The largest absolute Gasteiger partial charge is 0.460 e. The number of cyclic esters (lactones) is 1. The van der Waals surface area contributed by atoms with Gasteiger partial charge in [-0.25, -0.2) is 17.9 Å². The molecule has 15 atom stereocenters. The standard InChI is InChI=1S/C61H93N7O14S/c1-36-17-13-12-14-18-37(2)47(66-83(77,78)46-25-21-43(22-26-46)35-64-59(62)65-60(63)67(8)9)33-45-24-20-42(7)61(76,82-45)56(73)57(74)68-28-16-15-19-48(68)58(75)81-51(39(4)31-44-23-27-49(69)52(32-44)79-10)34-50(70)38(3)30-41(6)54(72)55(80-11)53(71)40(5)29-36/h12-14,17-18,21-22,25-26,30,36,38-40,42,44-45,47-49,51-52,54-55,66,69,72,76H,15-16,19-20,23-24,27-29,31-35H2,1-11H3,(H4,62,63,64,65)/b14-12+,17-13+,37-18-,41-30+/t36-,38-,39?,40-,42-,44-,45+,47?,48+,49-,51+,52-,54-,55+,61-/m1/s1. The number of esters is 1. The normalized spacial score (nSPS) is 34.2. The van der Waals surface area contributed by atoms with Gasteiger partial charge in [0.15, 0.2) is 17.7 Å². The van der Waals surface area contributed by atoms with E-state index in [1.807, 2.05) is 19.9 Å². The fraction of sp³-hybridized carbons (Fsp3) is 0.656. The number of hydrogen-bond acceptors (Lipinski definition) is 16. The molecule has 2 unspecified atom stereocenters. The summed E-state index contributed by atoms with van der Waals surface area (Å²) in [6.07, 6.45) is 8.88. The third-order valence-electron chi connectivity index (χ3n) is 16.9. The molecular formula is C61H93N7O14S. The zero-order valence-corrected chi connectivity index (χ0v) is 51.2. The number of aliphatic hydroxyl groups is 3. The van der Waals surface area contributed by atoms with E-state index in [1.165, 1.54) is 24.1 Å². The molecule has 0 spiro atoms. The van der Waals surface area contributed by atoms with Gasteiger partial charge in [-0.05, 0) is 125 Å². The van der Waals surface area contributed by atoms with E-state index in [2.05, 4.69) is 15.4 Å². The monoisotopic (exact) mass is 1180 g/mol. The molecule has 1 aromatic carbocycles. The first-order chi connectivity index (χ1) is 39.1. The molecule has 1 amide bonds. The number of rotatable bonds is 10. The zero-order chi connectivity index (χ0) is 61.5. The fourth-order valence-corrected chi connectivity index (χ4v) is 12.8. The van der Waals surface area contributed by atoms with Gasteiger partial charge in [0.2, 0.25) is 15.8 Å². The van der Waals surface area contributed by atoms with Crippen molar-refractivity contribution in [1.29, 1.82) is 10.8 Å². The Kier molecular flexibility index (Phi) is 25.6. The minimum Gasteiger partial charge on any atom is -0.460 e. The number of ether oxygens (including phenoxy) is 4. The molecule has 1 aromatic rings. The Morgan fingerprint density at radius 2 is 1.59 bits per heavy atom. The maximum atomic E-state index is 14.6. The van der Waals surface area contributed by atoms with E-state index in [4.69, 9.17) is 29.8 Å². The van der Waals surface area contributed by atoms with E-state index < -0.39 is 99.7 Å². The molecule has 3 fully saturated rings. The van der Waals surface area contributed by atoms with Crippen LogP contribution in [0.4, 0.5) is 0 Å². The molecule has 462 valence electrons. The van der Waals surface area contributed by atoms with Crippen molar-refractivity contribution >= 4 is 51.2 Å². The Labute approximate surface area is 491 Å². The average molecular weight is 1180 g/mol. The van der Waals surface area contributed by atoms with Gasteiger partial charge in [-0.1, -0.05) is 88.8 Å². The molecule has 2 bridgehead atoms. The van der Waals surface area contributed by atoms with Crippen molar-refractivity contribution < 1.29 is 66.7 Å². The number of amides is 1. The van der Waals surface area contributed by atoms with Gasteiger partial charge >= 0.3 is 5.97 Å². The van der Waals surface area contributed by atoms with Gasteiger partial charge in [-0.2, -0.15) is 0 Å². The topological polar surface area (TPSA) is 307 Å². The SMILES string of the molecule is CO[C@@H]1C[C@@H](CC(C)[C@@H]2CC(=O)[C@H](C)/C=C(\C)[C@@H](O)[C@@H](OC)C(=O)[C@H](C)C[C@H](C)/C=C/C=C/C=C(/C)C(NS(=O)(=O)c3ccc(CNC(=N)NC(=N)N(C)C)cc3)C[C@@H]3CC[C@@H](C)[C@@](O)(O3)C(=O)C(=O)N3CCCC[C@H]3C(=O)O2)CC[C@H]1O. The van der Waals surface area contributed by atoms with Crippen LogP contribution in [0.15, 0.2) is 76.8 Å². The highest BCUT2D eigenvalue weighted by molar-refractivity contribution is 7.89. The molecule has 0 radical (unpaired) electrons. The molecule has 2 saturated heterocycles. The van der Waals surface area contributed by atoms with Gasteiger partial charge in [-0.3, -0.25) is 35.3 Å². The smallest absolute Gasteiger partial charge is 0.329 e. The van der Waals surface area contributed by atoms with Crippen molar-refractivity contribution in [2.45, 2.75) is 191 Å². The van der Waals surface area contributed by atoms with Crippen LogP contribution in [-0.4, -0.2) is 164 Å². The molecule has 1 saturated carbocycles. The van der Waals surface area contributed by atoms with Gasteiger partial charge in [0.1, 0.15) is 30.1 Å². The maximum Gasteiger partial charge on any atom is 0.329 e. The van der Waals surface area contributed by atoms with E-state index >= 15 is 0 Å². The number of allylic oxidation sites excluding steroid dienone is 6. The Balaban J connectivity index is 1.49. The van der Waals surface area contributed by atoms with Crippen LogP contribution < -0.4 is 15.4 Å². The van der Waals surface area contributed by atoms with E-state index in [0.29, 0.717) is 61.7 Å². The molecule has 1 aliphatic carbocycles. The molecule has 22 heteroatoms. The molecule has 3 heterocycles. The van der Waals surface area contributed by atoms with Gasteiger partial charge < -0.3 is 49.4 Å². The van der Waals surface area contributed by atoms with Crippen LogP contribution in [0.1, 0.15) is 131 Å². The third-order valence-corrected chi connectivity index (χ3v) is 18.4. The summed E-state index contributed by atoms with van der Waals surface area (Å²) in [6, 6.07) is 3.82. The molecule has 4 aliphatic rings. The van der Waals surface area contributed by atoms with Crippen LogP contribution in [0.2, 0.25) is 0 Å². The number of hydrogen-bond donors (Lipinski definition) is 8. The van der Waals surface area contributed by atoms with Gasteiger partial charge in [0.05, 0.1) is 23.2 Å². The number of guanidine groups is 2. The van der Waals surface area contributed by atoms with Crippen molar-refractivity contribution in [3.8, 4) is 0 Å². The first kappa shape index (κ1) is 68.3. The number of methoxy groups -OCH3 is 2. The zero-order valence-electron chi connectivity index (χ0n) is 50.4. The lowest BCUT2D eigenvalue weighted by atomic mass is 9.78. The molecule has 5 rings (SSSR count). The van der Waals surface area contributed by atoms with Crippen molar-refractivity contribution in [2.75, 3.05) is 34.9 Å². The first-order valence-electron chi connectivity index (χ1n) is 29.2. The number of sulfonamides is 1. The number of aliphatic hydroxyl groups excluding tert-OH is 2. The minimum absolute atomic E-state index is 0.00236. The number of Topliss-reactive ketones (excluding diaryl/α,β-unsaturated/α-hetero) is 3. The van der Waals surface area contributed by atoms with E-state index in [1.54, 1.807) is 98.3 Å². The molecule has 83 heavy (non-hydrogen) atoms. The second kappa shape index (κ2) is 31.1. The Bertz CT molecular complexity index is 2680. The molecule has 8 N–H and O–H groups in total. The van der Waals surface area contributed by atoms with Crippen LogP contribution >= 0.6 is 0 Å². The summed E-state index contributed by atoms with van der Waals surface area (Å²) in [6.45, 7) is 12.3. The van der Waals surface area contributed by atoms with Crippen LogP contribution in [0, 0.1) is 46.3 Å². The number of carbonyl (C=O) groups is 5. The van der Waals surface area contributed by atoms with Crippen LogP contribution in [0.5, 0.6) is 0 Å². The Morgan fingerprint density at radius 1 is 0.892 bits per heavy atom. The van der Waals surface area contributed by atoms with Crippen LogP contribution in [0.3, 0.4) is 0 Å². The predicted octanol–water partition coefficient (Wildman–Crippen LogP) is 5.62. The predicted molar refractivity (Wildman–Crippen MR) is 314 cm³/mol. The number of piperidine rings is 1. The lowest BCUT2D eigenvalue weighted by Gasteiger charge is -2.43. The second-order valence-corrected chi connectivity index (χ2v) is 25.5. The Morgan fingerprint density at radius 3 is 2.25 bits per heavy atom. The maximum absolute atomic E-state index is 14.6. The van der Waals surface area contributed by atoms with E-state index in [0.717, 1.165) is 4.90 Å². The highest BCUT2D eigenvalue weighted by atomic mass is 32.2. The quantitative estimate of drug-likeness (QED) is 0.0463. The first-order valence-corrected chi connectivity index (χ1v) is 30.7. The van der Waals surface area contributed by atoms with E-state index in [9.17, 15) is 47.7 Å². The fourth-order valence-electron chi connectivity index (χ4n) is 11.5. The lowest BCUT2D eigenvalue weighted by molar-refractivity contribution is -0.264. The van der Waals surface area contributed by atoms with Crippen molar-refractivity contribution in [1.82, 2.24) is 25.2 Å². The van der Waals surface area contributed by atoms with Gasteiger partial charge in [0, 0.05) is 71.6 Å². The van der Waals surface area contributed by atoms with Crippen LogP contribution in [-0.2, 0) is 59.5 Å². The molecule has 0 aromatic heterocycles. The number of carbonyl (C=O) groups excluding carboxylic acids is 5. The number of benzene rings is 1. The van der Waals surface area contributed by atoms with Gasteiger partial charge in [-0.15, -0.1) is 0 Å². The molecule has 21 nitrogen and oxygen atoms in total. The summed E-state index contributed by atoms with van der Waals surface area (Å²) >= 11 is 0. The highest BCUT2D eigenvalue weighted by Gasteiger charge is 2.53. The molecular weight excluding hydrogens is 1090 g/mol. The lowest BCUT2D eigenvalue weighted by Crippen LogP contribution is -2.61.